The van der Waals surface area contributed by atoms with Gasteiger partial charge in [-0.3, -0.25) is 9.59 Å². The van der Waals surface area contributed by atoms with Crippen molar-refractivity contribution in [3.8, 4) is 0 Å². The second-order valence-electron chi connectivity index (χ2n) is 6.04. The van der Waals surface area contributed by atoms with E-state index in [-0.39, 0.29) is 36.8 Å². The first kappa shape index (κ1) is 18.2. The van der Waals surface area contributed by atoms with Gasteiger partial charge in [0.1, 0.15) is 0 Å². The lowest BCUT2D eigenvalue weighted by atomic mass is 10.00. The molecular formula is C15H28ClN3O2. The molecule has 5 nitrogen and oxygen atoms in total. The lowest BCUT2D eigenvalue weighted by Crippen LogP contribution is -2.54. The smallest absolute Gasteiger partial charge is 0.239 e. The fourth-order valence-corrected chi connectivity index (χ4v) is 3.05. The third-order valence-electron chi connectivity index (χ3n) is 4.36. The number of rotatable bonds is 3. The molecule has 2 rings (SSSR count). The van der Waals surface area contributed by atoms with Gasteiger partial charge in [-0.15, -0.1) is 12.4 Å². The van der Waals surface area contributed by atoms with E-state index in [0.717, 1.165) is 51.6 Å². The summed E-state index contributed by atoms with van der Waals surface area (Å²) in [6.07, 6.45) is 6.98. The summed E-state index contributed by atoms with van der Waals surface area (Å²) in [4.78, 5) is 25.9. The number of carbonyl (C=O) groups excluding carboxylic acids is 2. The van der Waals surface area contributed by atoms with Crippen molar-refractivity contribution in [1.29, 1.82) is 0 Å². The molecule has 2 aliphatic rings. The van der Waals surface area contributed by atoms with E-state index < -0.39 is 0 Å². The average molecular weight is 318 g/mol. The van der Waals surface area contributed by atoms with Gasteiger partial charge >= 0.3 is 0 Å². The van der Waals surface area contributed by atoms with Crippen LogP contribution in [-0.4, -0.2) is 48.4 Å². The van der Waals surface area contributed by atoms with Gasteiger partial charge in [-0.2, -0.15) is 0 Å². The largest absolute Gasteiger partial charge is 0.350 e. The van der Waals surface area contributed by atoms with Crippen molar-refractivity contribution in [3.05, 3.63) is 0 Å². The maximum atomic E-state index is 12.1. The molecule has 0 aromatic carbocycles. The van der Waals surface area contributed by atoms with Gasteiger partial charge in [-0.05, 0) is 39.2 Å². The number of nitrogens with zero attached hydrogens (tertiary/aromatic N) is 1. The van der Waals surface area contributed by atoms with Crippen LogP contribution in [0, 0.1) is 0 Å². The Morgan fingerprint density at radius 2 is 2.05 bits per heavy atom. The van der Waals surface area contributed by atoms with Crippen LogP contribution in [0.4, 0.5) is 0 Å². The molecule has 2 saturated heterocycles. The zero-order valence-corrected chi connectivity index (χ0v) is 13.7. The van der Waals surface area contributed by atoms with Crippen LogP contribution in [-0.2, 0) is 9.59 Å². The monoisotopic (exact) mass is 317 g/mol. The lowest BCUT2D eigenvalue weighted by molar-refractivity contribution is -0.136. The van der Waals surface area contributed by atoms with E-state index in [1.807, 2.05) is 0 Å². The first-order valence-electron chi connectivity index (χ1n) is 7.97. The third kappa shape index (κ3) is 5.83. The van der Waals surface area contributed by atoms with Gasteiger partial charge in [0.25, 0.3) is 0 Å². The van der Waals surface area contributed by atoms with Crippen LogP contribution in [0.25, 0.3) is 0 Å². The maximum absolute atomic E-state index is 12.1. The van der Waals surface area contributed by atoms with Gasteiger partial charge in [0, 0.05) is 25.0 Å². The van der Waals surface area contributed by atoms with Crippen molar-refractivity contribution < 1.29 is 9.59 Å². The number of amides is 2. The van der Waals surface area contributed by atoms with Crippen LogP contribution in [0.2, 0.25) is 0 Å². The molecule has 0 aliphatic carbocycles. The zero-order chi connectivity index (χ0) is 14.4. The highest BCUT2D eigenvalue weighted by atomic mass is 35.5. The van der Waals surface area contributed by atoms with Crippen LogP contribution in [0.15, 0.2) is 0 Å². The predicted molar refractivity (Wildman–Crippen MR) is 85.5 cm³/mol. The number of carbonyl (C=O) groups is 2. The maximum Gasteiger partial charge on any atom is 0.239 e. The minimum absolute atomic E-state index is 0. The minimum Gasteiger partial charge on any atom is -0.350 e. The molecule has 0 bridgehead atoms. The van der Waals surface area contributed by atoms with E-state index in [1.165, 1.54) is 0 Å². The van der Waals surface area contributed by atoms with Gasteiger partial charge in [0.2, 0.25) is 11.8 Å². The molecule has 2 amide bonds. The number of hydrogen-bond donors (Lipinski definition) is 2. The molecule has 0 aromatic rings. The summed E-state index contributed by atoms with van der Waals surface area (Å²) in [7, 11) is 0. The average Bonchev–Trinajstić information content (AvgIpc) is 2.41. The number of piperidine rings is 1. The van der Waals surface area contributed by atoms with E-state index >= 15 is 0 Å². The SMILES string of the molecule is CC1NCCCC1NC(=O)CN1CCCCCCC1=O.Cl. The molecule has 0 aromatic heterocycles. The highest BCUT2D eigenvalue weighted by Crippen LogP contribution is 2.12. The van der Waals surface area contributed by atoms with Gasteiger partial charge in [0.05, 0.1) is 6.54 Å². The number of likely N-dealkylation sites (tertiary alicyclic amines) is 1. The fraction of sp³-hybridized carbons (Fsp3) is 0.867. The summed E-state index contributed by atoms with van der Waals surface area (Å²) in [6, 6.07) is 0.511. The normalized spacial score (nSPS) is 27.3. The zero-order valence-electron chi connectivity index (χ0n) is 12.9. The Labute approximate surface area is 133 Å². The van der Waals surface area contributed by atoms with Crippen molar-refractivity contribution in [2.45, 2.75) is 64.0 Å². The topological polar surface area (TPSA) is 61.4 Å². The van der Waals surface area contributed by atoms with Crippen LogP contribution < -0.4 is 10.6 Å². The summed E-state index contributed by atoms with van der Waals surface area (Å²) < 4.78 is 0. The summed E-state index contributed by atoms with van der Waals surface area (Å²) in [5, 5.41) is 6.45. The number of nitrogens with one attached hydrogen (secondary N) is 2. The van der Waals surface area contributed by atoms with Gasteiger partial charge < -0.3 is 15.5 Å². The standard InChI is InChI=1S/C15H27N3O2.ClH/c1-12-13(7-6-9-16-12)17-14(19)11-18-10-5-3-2-4-8-15(18)20;/h12-13,16H,2-11H2,1H3,(H,17,19);1H. The van der Waals surface area contributed by atoms with Crippen LogP contribution >= 0.6 is 12.4 Å². The van der Waals surface area contributed by atoms with Crippen molar-refractivity contribution in [3.63, 3.8) is 0 Å². The highest BCUT2D eigenvalue weighted by molar-refractivity contribution is 5.85. The minimum atomic E-state index is -0.0144. The van der Waals surface area contributed by atoms with Gasteiger partial charge in [-0.25, -0.2) is 0 Å². The summed E-state index contributed by atoms with van der Waals surface area (Å²) >= 11 is 0. The molecule has 6 heteroatoms. The van der Waals surface area contributed by atoms with Crippen molar-refractivity contribution in [2.75, 3.05) is 19.6 Å². The Kier molecular flexibility index (Phi) is 8.04. The Morgan fingerprint density at radius 3 is 2.81 bits per heavy atom. The van der Waals surface area contributed by atoms with Gasteiger partial charge in [0.15, 0.2) is 0 Å². The predicted octanol–water partition coefficient (Wildman–Crippen LogP) is 1.46. The van der Waals surface area contributed by atoms with Crippen LogP contribution in [0.5, 0.6) is 0 Å². The van der Waals surface area contributed by atoms with Crippen molar-refractivity contribution in [2.24, 2.45) is 0 Å². The van der Waals surface area contributed by atoms with E-state index in [4.69, 9.17) is 0 Å². The molecule has 2 unspecified atom stereocenters. The van der Waals surface area contributed by atoms with E-state index in [0.29, 0.717) is 12.5 Å². The molecule has 0 spiro atoms. The van der Waals surface area contributed by atoms with Crippen LogP contribution in [0.3, 0.4) is 0 Å². The van der Waals surface area contributed by atoms with Crippen molar-refractivity contribution >= 4 is 24.2 Å². The van der Waals surface area contributed by atoms with E-state index in [2.05, 4.69) is 17.6 Å². The first-order chi connectivity index (χ1) is 9.66. The third-order valence-corrected chi connectivity index (χ3v) is 4.36. The van der Waals surface area contributed by atoms with E-state index in [1.54, 1.807) is 4.90 Å². The fourth-order valence-electron chi connectivity index (χ4n) is 3.05. The van der Waals surface area contributed by atoms with Crippen LogP contribution in [0.1, 0.15) is 51.9 Å². The molecule has 2 aliphatic heterocycles. The van der Waals surface area contributed by atoms with Gasteiger partial charge in [-0.1, -0.05) is 12.8 Å². The summed E-state index contributed by atoms with van der Waals surface area (Å²) in [6.45, 7) is 4.08. The van der Waals surface area contributed by atoms with E-state index in [9.17, 15) is 9.59 Å². The molecule has 2 N–H and O–H groups in total. The second-order valence-corrected chi connectivity index (χ2v) is 6.04. The lowest BCUT2D eigenvalue weighted by Gasteiger charge is -2.32. The molecule has 122 valence electrons. The Morgan fingerprint density at radius 1 is 1.29 bits per heavy atom. The van der Waals surface area contributed by atoms with Crippen molar-refractivity contribution in [1.82, 2.24) is 15.5 Å². The summed E-state index contributed by atoms with van der Waals surface area (Å²) in [5.74, 6) is 0.120. The Balaban J connectivity index is 0.00000220. The Bertz CT molecular complexity index is 352. The molecule has 0 radical (unpaired) electrons. The molecule has 21 heavy (non-hydrogen) atoms. The molecule has 2 heterocycles. The first-order valence-corrected chi connectivity index (χ1v) is 7.97. The Hall–Kier alpha value is -0.810. The molecule has 2 atom stereocenters. The highest BCUT2D eigenvalue weighted by Gasteiger charge is 2.24. The molecule has 0 saturated carbocycles. The molecular weight excluding hydrogens is 290 g/mol. The molecule has 2 fully saturated rings. The second kappa shape index (κ2) is 9.26. The number of hydrogen-bond acceptors (Lipinski definition) is 3. The quantitative estimate of drug-likeness (QED) is 0.828. The number of halogens is 1. The summed E-state index contributed by atoms with van der Waals surface area (Å²) in [5.41, 5.74) is 0.